The van der Waals surface area contributed by atoms with Gasteiger partial charge in [0.1, 0.15) is 0 Å². The standard InChI is InChI=1S/C12H12N2O4/c15-13(16)11-5-9-7-2-1-3-8(4-7)10(9)6-12(11)14(17)18/h5-8H,1-4H2/t7-,8?/m1/s1. The number of nitro benzene ring substituents is 2. The van der Waals surface area contributed by atoms with E-state index in [-0.39, 0.29) is 11.4 Å². The molecule has 0 spiro atoms. The third-order valence-corrected chi connectivity index (χ3v) is 4.13. The highest BCUT2D eigenvalue weighted by Gasteiger charge is 2.38. The molecule has 3 rings (SSSR count). The second-order valence-electron chi connectivity index (χ2n) is 5.04. The van der Waals surface area contributed by atoms with Crippen molar-refractivity contribution >= 4 is 11.4 Å². The van der Waals surface area contributed by atoms with Gasteiger partial charge in [0, 0.05) is 12.1 Å². The zero-order valence-electron chi connectivity index (χ0n) is 9.67. The molecule has 6 heteroatoms. The quantitative estimate of drug-likeness (QED) is 0.593. The largest absolute Gasteiger partial charge is 0.346 e. The Kier molecular flexibility index (Phi) is 2.33. The molecule has 2 aliphatic rings. The van der Waals surface area contributed by atoms with Crippen molar-refractivity contribution in [2.24, 2.45) is 0 Å². The monoisotopic (exact) mass is 248 g/mol. The van der Waals surface area contributed by atoms with Crippen molar-refractivity contribution in [3.05, 3.63) is 43.5 Å². The maximum absolute atomic E-state index is 10.9. The summed E-state index contributed by atoms with van der Waals surface area (Å²) in [6, 6.07) is 2.87. The van der Waals surface area contributed by atoms with Crippen LogP contribution in [0.25, 0.3) is 0 Å². The SMILES string of the molecule is O=[N+]([O-])c1cc2c(cc1[N+](=O)[O-])[C@@H]1CCCC2C1. The van der Waals surface area contributed by atoms with E-state index < -0.39 is 9.85 Å². The molecule has 0 N–H and O–H groups in total. The summed E-state index contributed by atoms with van der Waals surface area (Å²) in [6.45, 7) is 0. The van der Waals surface area contributed by atoms with E-state index in [9.17, 15) is 20.2 Å². The molecule has 18 heavy (non-hydrogen) atoms. The Bertz CT molecular complexity index is 508. The Morgan fingerprint density at radius 3 is 1.78 bits per heavy atom. The Balaban J connectivity index is 2.20. The Morgan fingerprint density at radius 2 is 1.39 bits per heavy atom. The van der Waals surface area contributed by atoms with E-state index in [1.54, 1.807) is 0 Å². The van der Waals surface area contributed by atoms with E-state index in [1.807, 2.05) is 0 Å². The predicted octanol–water partition coefficient (Wildman–Crippen LogP) is 3.26. The predicted molar refractivity (Wildman–Crippen MR) is 63.7 cm³/mol. The highest BCUT2D eigenvalue weighted by atomic mass is 16.6. The van der Waals surface area contributed by atoms with Gasteiger partial charge in [-0.3, -0.25) is 20.2 Å². The molecular formula is C12H12N2O4. The molecule has 94 valence electrons. The van der Waals surface area contributed by atoms with Crippen LogP contribution in [-0.2, 0) is 0 Å². The lowest BCUT2D eigenvalue weighted by atomic mass is 9.87. The van der Waals surface area contributed by atoms with Crippen LogP contribution in [0, 0.1) is 20.2 Å². The van der Waals surface area contributed by atoms with Crippen LogP contribution >= 0.6 is 0 Å². The maximum Gasteiger partial charge on any atom is 0.346 e. The zero-order chi connectivity index (χ0) is 12.9. The average Bonchev–Trinajstić information content (AvgIpc) is 2.59. The molecule has 1 aromatic carbocycles. The Hall–Kier alpha value is -1.98. The van der Waals surface area contributed by atoms with Gasteiger partial charge in [-0.2, -0.15) is 0 Å². The molecule has 0 aromatic heterocycles. The molecule has 0 saturated heterocycles. The van der Waals surface area contributed by atoms with E-state index in [0.29, 0.717) is 11.8 Å². The van der Waals surface area contributed by atoms with Crippen molar-refractivity contribution in [3.8, 4) is 0 Å². The van der Waals surface area contributed by atoms with E-state index in [1.165, 1.54) is 12.1 Å². The van der Waals surface area contributed by atoms with Crippen LogP contribution in [0.2, 0.25) is 0 Å². The number of hydrogen-bond donors (Lipinski definition) is 0. The van der Waals surface area contributed by atoms with Gasteiger partial charge < -0.3 is 0 Å². The lowest BCUT2D eigenvalue weighted by molar-refractivity contribution is -0.422. The fraction of sp³-hybridized carbons (Fsp3) is 0.500. The first-order chi connectivity index (χ1) is 8.58. The molecule has 0 heterocycles. The number of hydrogen-bond acceptors (Lipinski definition) is 4. The number of rotatable bonds is 2. The topological polar surface area (TPSA) is 86.3 Å². The molecule has 0 amide bonds. The van der Waals surface area contributed by atoms with Crippen LogP contribution in [0.3, 0.4) is 0 Å². The van der Waals surface area contributed by atoms with Crippen molar-refractivity contribution in [1.29, 1.82) is 0 Å². The molecule has 1 unspecified atom stereocenters. The van der Waals surface area contributed by atoms with Gasteiger partial charge in [-0.05, 0) is 42.2 Å². The number of benzene rings is 1. The molecule has 1 fully saturated rings. The third-order valence-electron chi connectivity index (χ3n) is 4.13. The van der Waals surface area contributed by atoms with Crippen LogP contribution in [0.15, 0.2) is 12.1 Å². The van der Waals surface area contributed by atoms with E-state index in [2.05, 4.69) is 0 Å². The summed E-state index contributed by atoms with van der Waals surface area (Å²) in [7, 11) is 0. The molecule has 2 bridgehead atoms. The van der Waals surface area contributed by atoms with Crippen molar-refractivity contribution in [3.63, 3.8) is 0 Å². The first-order valence-electron chi connectivity index (χ1n) is 6.04. The van der Waals surface area contributed by atoms with Gasteiger partial charge in [0.15, 0.2) is 0 Å². The fourth-order valence-electron chi connectivity index (χ4n) is 3.36. The van der Waals surface area contributed by atoms with Gasteiger partial charge in [-0.1, -0.05) is 6.42 Å². The van der Waals surface area contributed by atoms with Crippen LogP contribution < -0.4 is 0 Å². The molecule has 0 radical (unpaired) electrons. The van der Waals surface area contributed by atoms with Crippen molar-refractivity contribution in [1.82, 2.24) is 0 Å². The van der Waals surface area contributed by atoms with Crippen LogP contribution in [-0.4, -0.2) is 9.85 Å². The lowest BCUT2D eigenvalue weighted by Gasteiger charge is -2.17. The fourth-order valence-corrected chi connectivity index (χ4v) is 3.36. The normalized spacial score (nSPS) is 24.7. The highest BCUT2D eigenvalue weighted by Crippen LogP contribution is 2.52. The number of nitro groups is 2. The molecule has 6 nitrogen and oxygen atoms in total. The Morgan fingerprint density at radius 1 is 0.944 bits per heavy atom. The maximum atomic E-state index is 10.9. The molecule has 1 saturated carbocycles. The molecular weight excluding hydrogens is 236 g/mol. The smallest absolute Gasteiger partial charge is 0.258 e. The number of fused-ring (bicyclic) bond motifs is 5. The first-order valence-corrected chi connectivity index (χ1v) is 6.04. The van der Waals surface area contributed by atoms with Crippen molar-refractivity contribution in [2.75, 3.05) is 0 Å². The van der Waals surface area contributed by atoms with E-state index in [0.717, 1.165) is 36.8 Å². The second-order valence-corrected chi connectivity index (χ2v) is 5.04. The summed E-state index contributed by atoms with van der Waals surface area (Å²) >= 11 is 0. The van der Waals surface area contributed by atoms with Gasteiger partial charge in [0.2, 0.25) is 0 Å². The van der Waals surface area contributed by atoms with Crippen molar-refractivity contribution < 1.29 is 9.85 Å². The van der Waals surface area contributed by atoms with Crippen LogP contribution in [0.5, 0.6) is 0 Å². The van der Waals surface area contributed by atoms with Gasteiger partial charge in [0.05, 0.1) is 9.85 Å². The van der Waals surface area contributed by atoms with E-state index in [4.69, 9.17) is 0 Å². The summed E-state index contributed by atoms with van der Waals surface area (Å²) in [5.74, 6) is 0.719. The molecule has 2 atom stereocenters. The molecule has 1 aromatic rings. The first kappa shape index (κ1) is 11.1. The summed E-state index contributed by atoms with van der Waals surface area (Å²) in [4.78, 5) is 20.5. The second kappa shape index (κ2) is 3.76. The summed E-state index contributed by atoms with van der Waals surface area (Å²) in [6.07, 6.45) is 4.18. The van der Waals surface area contributed by atoms with Crippen molar-refractivity contribution in [2.45, 2.75) is 37.5 Å². The summed E-state index contributed by atoms with van der Waals surface area (Å²) in [5, 5.41) is 21.8. The highest BCUT2D eigenvalue weighted by molar-refractivity contribution is 5.60. The minimum absolute atomic E-state index is 0.359. The minimum Gasteiger partial charge on any atom is -0.258 e. The van der Waals surface area contributed by atoms with Gasteiger partial charge in [0.25, 0.3) is 0 Å². The van der Waals surface area contributed by atoms with Crippen LogP contribution in [0.1, 0.15) is 48.6 Å². The van der Waals surface area contributed by atoms with E-state index >= 15 is 0 Å². The average molecular weight is 248 g/mol. The zero-order valence-corrected chi connectivity index (χ0v) is 9.67. The summed E-state index contributed by atoms with van der Waals surface area (Å²) < 4.78 is 0. The minimum atomic E-state index is -0.652. The third kappa shape index (κ3) is 1.48. The molecule has 2 aliphatic carbocycles. The summed E-state index contributed by atoms with van der Waals surface area (Å²) in [5.41, 5.74) is 1.20. The lowest BCUT2D eigenvalue weighted by Crippen LogP contribution is -2.01. The van der Waals surface area contributed by atoms with Gasteiger partial charge in [-0.15, -0.1) is 0 Å². The van der Waals surface area contributed by atoms with Gasteiger partial charge in [-0.25, -0.2) is 0 Å². The number of nitrogens with zero attached hydrogens (tertiary/aromatic N) is 2. The van der Waals surface area contributed by atoms with Crippen LogP contribution in [0.4, 0.5) is 11.4 Å². The molecule has 0 aliphatic heterocycles. The Labute approximate surface area is 103 Å². The van der Waals surface area contributed by atoms with Gasteiger partial charge >= 0.3 is 11.4 Å².